The van der Waals surface area contributed by atoms with Gasteiger partial charge in [-0.05, 0) is 34.1 Å². The number of ether oxygens (including phenoxy) is 1. The van der Waals surface area contributed by atoms with Crippen molar-refractivity contribution in [1.82, 2.24) is 4.57 Å². The van der Waals surface area contributed by atoms with Gasteiger partial charge in [-0.3, -0.25) is 4.79 Å². The molecule has 0 amide bonds. The molecule has 0 saturated carbocycles. The molecule has 132 valence electrons. The van der Waals surface area contributed by atoms with Gasteiger partial charge in [-0.1, -0.05) is 41.7 Å². The highest BCUT2D eigenvalue weighted by Crippen LogP contribution is 2.32. The lowest BCUT2D eigenvalue weighted by molar-refractivity contribution is 0.266. The fourth-order valence-corrected chi connectivity index (χ4v) is 4.63. The Morgan fingerprint density at radius 2 is 1.88 bits per heavy atom. The van der Waals surface area contributed by atoms with Crippen LogP contribution in [0.2, 0.25) is 0 Å². The average molecular weight is 430 g/mol. The summed E-state index contributed by atoms with van der Waals surface area (Å²) in [5.41, 5.74) is 2.29. The number of nitrogens with zero attached hydrogens (tertiary/aromatic N) is 1. The molecule has 4 nitrogen and oxygen atoms in total. The number of hydrogen-bond donors (Lipinski definition) is 1. The lowest BCUT2D eigenvalue weighted by Crippen LogP contribution is -2.05. The van der Waals surface area contributed by atoms with Crippen molar-refractivity contribution in [3.63, 3.8) is 0 Å². The maximum Gasteiger partial charge on any atom is 0.242 e. The maximum atomic E-state index is 12.7. The van der Waals surface area contributed by atoms with Gasteiger partial charge in [0.1, 0.15) is 12.4 Å². The second-order valence-corrected chi connectivity index (χ2v) is 7.84. The van der Waals surface area contributed by atoms with Gasteiger partial charge in [0, 0.05) is 22.7 Å². The summed E-state index contributed by atoms with van der Waals surface area (Å²) in [5.74, 6) is 0.719. The molecule has 0 bridgehead atoms. The zero-order valence-electron chi connectivity index (χ0n) is 14.0. The normalized spacial score (nSPS) is 11.3. The maximum absolute atomic E-state index is 12.7. The Bertz CT molecular complexity index is 1180. The van der Waals surface area contributed by atoms with Gasteiger partial charge >= 0.3 is 0 Å². The molecule has 4 rings (SSSR count). The Morgan fingerprint density at radius 3 is 2.65 bits per heavy atom. The van der Waals surface area contributed by atoms with Crippen molar-refractivity contribution in [2.45, 2.75) is 13.2 Å². The average Bonchev–Trinajstić information content (AvgIpc) is 2.94. The third kappa shape index (κ3) is 2.74. The van der Waals surface area contributed by atoms with Crippen molar-refractivity contribution < 1.29 is 9.84 Å². The Kier molecular flexibility index (Phi) is 4.56. The number of fused-ring (bicyclic) bond motifs is 3. The van der Waals surface area contributed by atoms with Crippen LogP contribution < -0.4 is 9.48 Å². The molecule has 6 heteroatoms. The van der Waals surface area contributed by atoms with Crippen LogP contribution in [0, 0.1) is 0 Å². The molecular formula is C20H16BrNO3S. The van der Waals surface area contributed by atoms with E-state index in [4.69, 9.17) is 4.74 Å². The van der Waals surface area contributed by atoms with Crippen LogP contribution >= 0.6 is 27.3 Å². The number of aryl methyl sites for hydroxylation is 1. The van der Waals surface area contributed by atoms with Gasteiger partial charge in [0.15, 0.2) is 0 Å². The van der Waals surface area contributed by atoms with Gasteiger partial charge < -0.3 is 14.4 Å². The van der Waals surface area contributed by atoms with Crippen molar-refractivity contribution in [3.05, 3.63) is 73.8 Å². The van der Waals surface area contributed by atoms with Gasteiger partial charge in [-0.2, -0.15) is 0 Å². The lowest BCUT2D eigenvalue weighted by Gasteiger charge is -2.11. The third-order valence-corrected chi connectivity index (χ3v) is 6.16. The summed E-state index contributed by atoms with van der Waals surface area (Å²) in [5, 5.41) is 11.6. The molecule has 1 N–H and O–H groups in total. The first-order valence-electron chi connectivity index (χ1n) is 8.12. The molecule has 0 fully saturated rings. The van der Waals surface area contributed by atoms with Crippen LogP contribution in [-0.2, 0) is 20.3 Å². The number of benzene rings is 2. The molecule has 0 aliphatic heterocycles. The summed E-state index contributed by atoms with van der Waals surface area (Å²) in [6.45, 7) is 0.0639. The van der Waals surface area contributed by atoms with Crippen molar-refractivity contribution in [3.8, 4) is 5.75 Å². The first-order chi connectivity index (χ1) is 12.6. The first-order valence-corrected chi connectivity index (χ1v) is 9.73. The third-order valence-electron chi connectivity index (χ3n) is 4.54. The molecule has 0 radical (unpaired) electrons. The molecule has 0 saturated heterocycles. The van der Waals surface area contributed by atoms with E-state index in [0.29, 0.717) is 10.9 Å². The lowest BCUT2D eigenvalue weighted by atomic mass is 10.1. The van der Waals surface area contributed by atoms with E-state index < -0.39 is 0 Å². The predicted molar refractivity (Wildman–Crippen MR) is 109 cm³/mol. The fraction of sp³-hybridized carbons (Fsp3) is 0.150. The van der Waals surface area contributed by atoms with E-state index in [1.165, 1.54) is 11.3 Å². The SMILES string of the molecule is Cn1c(COc2ccccc2Br)c(CO)c2c(=O)sc3ccccc3c21. The topological polar surface area (TPSA) is 51.5 Å². The van der Waals surface area contributed by atoms with Crippen LogP contribution in [0.25, 0.3) is 21.0 Å². The Hall–Kier alpha value is -2.15. The van der Waals surface area contributed by atoms with Gasteiger partial charge in [0.2, 0.25) is 4.74 Å². The van der Waals surface area contributed by atoms with E-state index in [2.05, 4.69) is 15.9 Å². The van der Waals surface area contributed by atoms with Crippen LogP contribution in [0.3, 0.4) is 0 Å². The summed E-state index contributed by atoms with van der Waals surface area (Å²) in [7, 11) is 1.91. The molecule has 26 heavy (non-hydrogen) atoms. The standard InChI is InChI=1S/C20H16BrNO3S/c1-22-15(11-25-16-8-4-3-7-14(16)21)13(10-23)18-19(22)12-6-2-5-9-17(12)26-20(18)24/h2-9,23H,10-11H2,1H3. The van der Waals surface area contributed by atoms with Crippen molar-refractivity contribution in [2.75, 3.05) is 0 Å². The zero-order chi connectivity index (χ0) is 18.3. The summed E-state index contributed by atoms with van der Waals surface area (Å²) in [4.78, 5) is 12.7. The van der Waals surface area contributed by atoms with Crippen molar-refractivity contribution in [2.24, 2.45) is 7.05 Å². The Morgan fingerprint density at radius 1 is 1.15 bits per heavy atom. The number of para-hydroxylation sites is 1. The van der Waals surface area contributed by atoms with Gasteiger partial charge in [-0.15, -0.1) is 0 Å². The number of hydrogen-bond acceptors (Lipinski definition) is 4. The van der Waals surface area contributed by atoms with E-state index in [1.54, 1.807) is 0 Å². The van der Waals surface area contributed by atoms with E-state index in [0.717, 1.165) is 31.5 Å². The van der Waals surface area contributed by atoms with Gasteiger partial charge in [-0.25, -0.2) is 0 Å². The van der Waals surface area contributed by atoms with Crippen molar-refractivity contribution in [1.29, 1.82) is 0 Å². The predicted octanol–water partition coefficient (Wildman–Crippen LogP) is 4.59. The highest BCUT2D eigenvalue weighted by Gasteiger charge is 2.20. The minimum atomic E-state index is -0.202. The highest BCUT2D eigenvalue weighted by atomic mass is 79.9. The minimum Gasteiger partial charge on any atom is -0.486 e. The van der Waals surface area contributed by atoms with Crippen LogP contribution in [0.5, 0.6) is 5.75 Å². The number of aliphatic hydroxyl groups is 1. The summed E-state index contributed by atoms with van der Waals surface area (Å²) < 4.78 is 9.68. The minimum absolute atomic E-state index is 0.0366. The van der Waals surface area contributed by atoms with E-state index >= 15 is 0 Å². The molecule has 2 aromatic heterocycles. The summed E-state index contributed by atoms with van der Waals surface area (Å²) >= 11 is 4.68. The number of halogens is 1. The second kappa shape index (κ2) is 6.87. The van der Waals surface area contributed by atoms with E-state index in [-0.39, 0.29) is 18.0 Å². The zero-order valence-corrected chi connectivity index (χ0v) is 16.4. The summed E-state index contributed by atoms with van der Waals surface area (Å²) in [6.07, 6.45) is 0. The monoisotopic (exact) mass is 429 g/mol. The van der Waals surface area contributed by atoms with Crippen LogP contribution in [0.4, 0.5) is 0 Å². The number of rotatable bonds is 4. The molecule has 0 spiro atoms. The fourth-order valence-electron chi connectivity index (χ4n) is 3.29. The molecule has 0 aliphatic carbocycles. The van der Waals surface area contributed by atoms with Crippen molar-refractivity contribution >= 4 is 48.3 Å². The summed E-state index contributed by atoms with van der Waals surface area (Å²) in [6, 6.07) is 15.5. The van der Waals surface area contributed by atoms with E-state index in [1.807, 2.05) is 60.1 Å². The number of aromatic nitrogens is 1. The van der Waals surface area contributed by atoms with Gasteiger partial charge in [0.25, 0.3) is 0 Å². The highest BCUT2D eigenvalue weighted by molar-refractivity contribution is 9.10. The molecule has 0 aliphatic rings. The molecule has 4 aromatic rings. The quantitative estimate of drug-likeness (QED) is 0.516. The first kappa shape index (κ1) is 17.3. The molecular weight excluding hydrogens is 414 g/mol. The number of aliphatic hydroxyl groups excluding tert-OH is 1. The Balaban J connectivity index is 1.91. The largest absolute Gasteiger partial charge is 0.486 e. The van der Waals surface area contributed by atoms with Crippen LogP contribution in [-0.4, -0.2) is 9.67 Å². The Labute approximate surface area is 162 Å². The van der Waals surface area contributed by atoms with E-state index in [9.17, 15) is 9.90 Å². The molecule has 0 atom stereocenters. The van der Waals surface area contributed by atoms with Crippen LogP contribution in [0.15, 0.2) is 57.8 Å². The van der Waals surface area contributed by atoms with Crippen LogP contribution in [0.1, 0.15) is 11.3 Å². The van der Waals surface area contributed by atoms with Gasteiger partial charge in [0.05, 0.1) is 27.7 Å². The smallest absolute Gasteiger partial charge is 0.242 e. The molecule has 2 heterocycles. The molecule has 2 aromatic carbocycles. The second-order valence-electron chi connectivity index (χ2n) is 5.97. The molecule has 0 unspecified atom stereocenters.